The Morgan fingerprint density at radius 2 is 2.16 bits per heavy atom. The van der Waals surface area contributed by atoms with Crippen molar-refractivity contribution >= 4 is 21.7 Å². The molecule has 25 heavy (non-hydrogen) atoms. The number of anilines is 1. The molecule has 0 saturated carbocycles. The van der Waals surface area contributed by atoms with Crippen molar-refractivity contribution in [2.24, 2.45) is 5.14 Å². The molecule has 0 aliphatic carbocycles. The highest BCUT2D eigenvalue weighted by Gasteiger charge is 2.29. The summed E-state index contributed by atoms with van der Waals surface area (Å²) >= 11 is 0. The number of carbonyl (C=O) groups excluding carboxylic acids is 1. The van der Waals surface area contributed by atoms with E-state index in [1.807, 2.05) is 6.92 Å². The van der Waals surface area contributed by atoms with Crippen LogP contribution in [0, 0.1) is 0 Å². The number of benzene rings is 1. The number of primary sulfonamides is 1. The van der Waals surface area contributed by atoms with Gasteiger partial charge in [-0.25, -0.2) is 18.4 Å². The van der Waals surface area contributed by atoms with E-state index in [0.717, 1.165) is 11.3 Å². The maximum atomic E-state index is 12.0. The molecular weight excluding hydrogens is 344 g/mol. The van der Waals surface area contributed by atoms with Crippen molar-refractivity contribution in [3.63, 3.8) is 0 Å². The lowest BCUT2D eigenvalue weighted by Gasteiger charge is -2.24. The van der Waals surface area contributed by atoms with Gasteiger partial charge in [0.2, 0.25) is 10.0 Å². The molecule has 1 aliphatic rings. The molecule has 0 fully saturated rings. The highest BCUT2D eigenvalue weighted by Crippen LogP contribution is 2.35. The van der Waals surface area contributed by atoms with E-state index in [9.17, 15) is 13.2 Å². The molecule has 1 aromatic carbocycles. The Morgan fingerprint density at radius 1 is 1.40 bits per heavy atom. The van der Waals surface area contributed by atoms with Gasteiger partial charge in [0.25, 0.3) is 0 Å². The van der Waals surface area contributed by atoms with Crippen molar-refractivity contribution in [2.75, 3.05) is 11.5 Å². The second kappa shape index (κ2) is 6.53. The second-order valence-electron chi connectivity index (χ2n) is 5.99. The minimum atomic E-state index is -3.73. The van der Waals surface area contributed by atoms with Crippen LogP contribution in [0.2, 0.25) is 0 Å². The van der Waals surface area contributed by atoms with Gasteiger partial charge in [0.1, 0.15) is 11.3 Å². The average molecular weight is 364 g/mol. The Kier molecular flexibility index (Phi) is 4.57. The summed E-state index contributed by atoms with van der Waals surface area (Å²) in [5.74, 6) is 0.108. The van der Waals surface area contributed by atoms with Crippen LogP contribution < -0.4 is 10.0 Å². The summed E-state index contributed by atoms with van der Waals surface area (Å²) < 4.78 is 33.6. The van der Waals surface area contributed by atoms with Crippen LogP contribution in [0.1, 0.15) is 35.5 Å². The number of esters is 1. The van der Waals surface area contributed by atoms with Crippen molar-refractivity contribution in [3.8, 4) is 0 Å². The van der Waals surface area contributed by atoms with Gasteiger partial charge in [-0.05, 0) is 50.1 Å². The molecule has 134 valence electrons. The standard InChI is InChI=1S/C17H20N2O5S/c1-3-23-17(20)14-6-7-24-16(14)10-19-11(2)8-12-9-13(25(18,21)22)4-5-15(12)19/h4-7,9,11H,3,8,10H2,1-2H3,(H2,18,21,22)/t11-/m1/s1. The van der Waals surface area contributed by atoms with Gasteiger partial charge in [-0.3, -0.25) is 0 Å². The molecule has 2 heterocycles. The first-order valence-electron chi connectivity index (χ1n) is 7.97. The van der Waals surface area contributed by atoms with Gasteiger partial charge in [-0.1, -0.05) is 0 Å². The maximum absolute atomic E-state index is 12.0. The van der Waals surface area contributed by atoms with E-state index < -0.39 is 16.0 Å². The van der Waals surface area contributed by atoms with E-state index in [1.165, 1.54) is 12.3 Å². The molecule has 2 N–H and O–H groups in total. The van der Waals surface area contributed by atoms with E-state index >= 15 is 0 Å². The van der Waals surface area contributed by atoms with Gasteiger partial charge in [0.05, 0.1) is 24.3 Å². The summed E-state index contributed by atoms with van der Waals surface area (Å²) in [5.41, 5.74) is 2.22. The molecule has 0 spiro atoms. The summed E-state index contributed by atoms with van der Waals surface area (Å²) in [6, 6.07) is 6.57. The largest absolute Gasteiger partial charge is 0.467 e. The number of nitrogens with zero attached hydrogens (tertiary/aromatic N) is 1. The van der Waals surface area contributed by atoms with E-state index in [1.54, 1.807) is 25.1 Å². The van der Waals surface area contributed by atoms with Gasteiger partial charge in [0.15, 0.2) is 0 Å². The first-order valence-corrected chi connectivity index (χ1v) is 9.51. The molecule has 1 aromatic heterocycles. The fraction of sp³-hybridized carbons (Fsp3) is 0.353. The molecule has 0 unspecified atom stereocenters. The SMILES string of the molecule is CCOC(=O)c1ccoc1CN1c2ccc(S(N)(=O)=O)cc2C[C@H]1C. The van der Waals surface area contributed by atoms with Crippen LogP contribution >= 0.6 is 0 Å². The topological polar surface area (TPSA) is 103 Å². The smallest absolute Gasteiger partial charge is 0.341 e. The minimum absolute atomic E-state index is 0.102. The Bertz CT molecular complexity index is 904. The third-order valence-corrected chi connectivity index (χ3v) is 5.20. The second-order valence-corrected chi connectivity index (χ2v) is 7.56. The molecule has 0 bridgehead atoms. The van der Waals surface area contributed by atoms with Crippen LogP contribution in [0.3, 0.4) is 0 Å². The summed E-state index contributed by atoms with van der Waals surface area (Å²) in [4.78, 5) is 14.2. The number of ether oxygens (including phenoxy) is 1. The first kappa shape index (κ1) is 17.5. The van der Waals surface area contributed by atoms with Crippen LogP contribution in [0.25, 0.3) is 0 Å². The number of sulfonamides is 1. The van der Waals surface area contributed by atoms with E-state index in [0.29, 0.717) is 30.9 Å². The monoisotopic (exact) mass is 364 g/mol. The molecule has 1 aliphatic heterocycles. The fourth-order valence-corrected chi connectivity index (χ4v) is 3.66. The minimum Gasteiger partial charge on any atom is -0.467 e. The normalized spacial score (nSPS) is 16.8. The van der Waals surface area contributed by atoms with Crippen molar-refractivity contribution in [1.29, 1.82) is 0 Å². The van der Waals surface area contributed by atoms with E-state index in [-0.39, 0.29) is 10.9 Å². The maximum Gasteiger partial charge on any atom is 0.341 e. The lowest BCUT2D eigenvalue weighted by molar-refractivity contribution is 0.0523. The highest BCUT2D eigenvalue weighted by molar-refractivity contribution is 7.89. The number of carbonyl (C=O) groups is 1. The van der Waals surface area contributed by atoms with Gasteiger partial charge >= 0.3 is 5.97 Å². The van der Waals surface area contributed by atoms with E-state index in [4.69, 9.17) is 14.3 Å². The highest BCUT2D eigenvalue weighted by atomic mass is 32.2. The zero-order chi connectivity index (χ0) is 18.2. The van der Waals surface area contributed by atoms with Crippen LogP contribution in [-0.2, 0) is 27.7 Å². The van der Waals surface area contributed by atoms with Crippen LogP contribution in [0.5, 0.6) is 0 Å². The average Bonchev–Trinajstić information content (AvgIpc) is 3.11. The predicted octanol–water partition coefficient (Wildman–Crippen LogP) is 2.05. The summed E-state index contributed by atoms with van der Waals surface area (Å²) in [6.07, 6.45) is 2.15. The quantitative estimate of drug-likeness (QED) is 0.815. The molecule has 7 nitrogen and oxygen atoms in total. The third kappa shape index (κ3) is 3.40. The van der Waals surface area contributed by atoms with Crippen molar-refractivity contribution in [2.45, 2.75) is 37.8 Å². The van der Waals surface area contributed by atoms with Gasteiger partial charge in [-0.2, -0.15) is 0 Å². The van der Waals surface area contributed by atoms with Gasteiger partial charge in [0, 0.05) is 11.7 Å². The first-order chi connectivity index (χ1) is 11.8. The van der Waals surface area contributed by atoms with Crippen LogP contribution in [0.15, 0.2) is 39.8 Å². The number of nitrogens with two attached hydrogens (primary N) is 1. The Morgan fingerprint density at radius 3 is 2.84 bits per heavy atom. The fourth-order valence-electron chi connectivity index (χ4n) is 3.10. The Labute approximate surface area is 146 Å². The molecule has 0 amide bonds. The molecular formula is C17H20N2O5S. The Balaban J connectivity index is 1.89. The molecule has 2 aromatic rings. The number of fused-ring (bicyclic) bond motifs is 1. The third-order valence-electron chi connectivity index (χ3n) is 4.29. The van der Waals surface area contributed by atoms with Crippen LogP contribution in [-0.4, -0.2) is 27.0 Å². The summed E-state index contributed by atoms with van der Waals surface area (Å²) in [5, 5.41) is 5.20. The lowest BCUT2D eigenvalue weighted by atomic mass is 10.1. The van der Waals surface area contributed by atoms with Crippen molar-refractivity contribution in [3.05, 3.63) is 47.4 Å². The zero-order valence-corrected chi connectivity index (χ0v) is 14.9. The number of rotatable bonds is 5. The molecule has 8 heteroatoms. The zero-order valence-electron chi connectivity index (χ0n) is 14.1. The molecule has 3 rings (SSSR count). The van der Waals surface area contributed by atoms with Crippen LogP contribution in [0.4, 0.5) is 5.69 Å². The van der Waals surface area contributed by atoms with Crippen molar-refractivity contribution in [1.82, 2.24) is 0 Å². The number of hydrogen-bond acceptors (Lipinski definition) is 6. The van der Waals surface area contributed by atoms with Crippen molar-refractivity contribution < 1.29 is 22.4 Å². The van der Waals surface area contributed by atoms with Gasteiger partial charge in [-0.15, -0.1) is 0 Å². The van der Waals surface area contributed by atoms with Gasteiger partial charge < -0.3 is 14.1 Å². The molecule has 0 radical (unpaired) electrons. The van der Waals surface area contributed by atoms with E-state index in [2.05, 4.69) is 4.90 Å². The predicted molar refractivity (Wildman–Crippen MR) is 91.8 cm³/mol. The Hall–Kier alpha value is -2.32. The number of furan rings is 1. The lowest BCUT2D eigenvalue weighted by Crippen LogP contribution is -2.29. The molecule has 0 saturated heterocycles. The number of hydrogen-bond donors (Lipinski definition) is 1. The summed E-state index contributed by atoms with van der Waals surface area (Å²) in [6.45, 7) is 4.47. The summed E-state index contributed by atoms with van der Waals surface area (Å²) in [7, 11) is -3.73. The molecule has 1 atom stereocenters.